The summed E-state index contributed by atoms with van der Waals surface area (Å²) in [7, 11) is 3.35. The maximum absolute atomic E-state index is 13.6. The number of nitrogens with zero attached hydrogens (tertiary/aromatic N) is 5. The largest absolute Gasteiger partial charge is 0.491 e. The van der Waals surface area contributed by atoms with E-state index >= 15 is 0 Å². The molecule has 0 spiro atoms. The van der Waals surface area contributed by atoms with Crippen LogP contribution in [0.4, 0.5) is 23.2 Å². The van der Waals surface area contributed by atoms with Crippen LogP contribution in [-0.4, -0.2) is 77.7 Å². The van der Waals surface area contributed by atoms with Crippen LogP contribution in [-0.2, 0) is 19.8 Å². The van der Waals surface area contributed by atoms with E-state index in [-0.39, 0.29) is 24.0 Å². The molecule has 0 atom stereocenters. The van der Waals surface area contributed by atoms with E-state index in [4.69, 9.17) is 9.47 Å². The Morgan fingerprint density at radius 2 is 1.58 bits per heavy atom. The SMILES string of the molecule is CN(C(=O)c1ccc(C(F)(F)F)cc1)c1ccc(Oc2ccc3cc(C(=O)N4CCN(Cc5ccc(OCCF)cc5)CC4)n(C)c3c2)nc1. The summed E-state index contributed by atoms with van der Waals surface area (Å²) in [5.41, 5.74) is 2.21. The van der Waals surface area contributed by atoms with Crippen LogP contribution in [0.3, 0.4) is 0 Å². The molecule has 3 aromatic carbocycles. The topological polar surface area (TPSA) is 80.1 Å². The van der Waals surface area contributed by atoms with Crippen molar-refractivity contribution >= 4 is 28.4 Å². The Morgan fingerprint density at radius 1 is 0.880 bits per heavy atom. The van der Waals surface area contributed by atoms with Crippen molar-refractivity contribution in [3.8, 4) is 17.4 Å². The lowest BCUT2D eigenvalue weighted by atomic mass is 10.1. The molecule has 0 aliphatic carbocycles. The van der Waals surface area contributed by atoms with Gasteiger partial charge in [-0.25, -0.2) is 9.37 Å². The average molecular weight is 690 g/mol. The number of anilines is 1. The molecule has 3 heterocycles. The lowest BCUT2D eigenvalue weighted by Gasteiger charge is -2.34. The number of alkyl halides is 4. The van der Waals surface area contributed by atoms with Gasteiger partial charge in [-0.05, 0) is 66.2 Å². The monoisotopic (exact) mass is 689 g/mol. The highest BCUT2D eigenvalue weighted by Crippen LogP contribution is 2.31. The fourth-order valence-corrected chi connectivity index (χ4v) is 5.82. The van der Waals surface area contributed by atoms with Gasteiger partial charge >= 0.3 is 6.18 Å². The van der Waals surface area contributed by atoms with Crippen molar-refractivity contribution in [3.05, 3.63) is 114 Å². The van der Waals surface area contributed by atoms with Crippen LogP contribution >= 0.6 is 0 Å². The number of amides is 2. The molecule has 2 aromatic heterocycles. The van der Waals surface area contributed by atoms with Crippen LogP contribution in [0.2, 0.25) is 0 Å². The zero-order valence-corrected chi connectivity index (χ0v) is 27.5. The number of carbonyl (C=O) groups excluding carboxylic acids is 2. The van der Waals surface area contributed by atoms with Gasteiger partial charge in [-0.2, -0.15) is 13.2 Å². The van der Waals surface area contributed by atoms with Gasteiger partial charge in [0, 0.05) is 69.9 Å². The molecule has 50 heavy (non-hydrogen) atoms. The first-order chi connectivity index (χ1) is 24.0. The molecule has 0 saturated carbocycles. The summed E-state index contributed by atoms with van der Waals surface area (Å²) in [5, 5.41) is 0.882. The van der Waals surface area contributed by atoms with Crippen LogP contribution in [0.1, 0.15) is 32.0 Å². The number of pyridine rings is 1. The van der Waals surface area contributed by atoms with Gasteiger partial charge < -0.3 is 23.8 Å². The highest BCUT2D eigenvalue weighted by molar-refractivity contribution is 6.05. The molecule has 0 bridgehead atoms. The Balaban J connectivity index is 1.05. The minimum atomic E-state index is -4.49. The summed E-state index contributed by atoms with van der Waals surface area (Å²) in [4.78, 5) is 36.2. The van der Waals surface area contributed by atoms with Crippen molar-refractivity contribution in [2.24, 2.45) is 7.05 Å². The van der Waals surface area contributed by atoms with Crippen molar-refractivity contribution in [3.63, 3.8) is 0 Å². The molecule has 5 aromatic rings. The lowest BCUT2D eigenvalue weighted by Crippen LogP contribution is -2.48. The van der Waals surface area contributed by atoms with E-state index in [1.165, 1.54) is 18.1 Å². The minimum Gasteiger partial charge on any atom is -0.491 e. The van der Waals surface area contributed by atoms with Crippen LogP contribution < -0.4 is 14.4 Å². The number of piperazine rings is 1. The molecule has 1 saturated heterocycles. The number of aryl methyl sites for hydroxylation is 1. The number of benzene rings is 3. The molecular weight excluding hydrogens is 654 g/mol. The maximum atomic E-state index is 13.6. The predicted molar refractivity (Wildman–Crippen MR) is 180 cm³/mol. The summed E-state index contributed by atoms with van der Waals surface area (Å²) in [6.07, 6.45) is -3.04. The normalized spacial score (nSPS) is 13.8. The summed E-state index contributed by atoms with van der Waals surface area (Å²) in [5.74, 6) is 0.881. The number of halogens is 4. The molecule has 1 fully saturated rings. The van der Waals surface area contributed by atoms with E-state index in [1.54, 1.807) is 18.2 Å². The smallest absolute Gasteiger partial charge is 0.416 e. The third kappa shape index (κ3) is 7.73. The first kappa shape index (κ1) is 34.4. The van der Waals surface area contributed by atoms with E-state index in [1.807, 2.05) is 59.0 Å². The van der Waals surface area contributed by atoms with Crippen molar-refractivity contribution in [1.29, 1.82) is 0 Å². The number of ether oxygens (including phenoxy) is 2. The number of aromatic nitrogens is 2. The highest BCUT2D eigenvalue weighted by atomic mass is 19.4. The Hall–Kier alpha value is -5.43. The Bertz CT molecular complexity index is 1950. The number of rotatable bonds is 10. The molecule has 0 N–H and O–H groups in total. The summed E-state index contributed by atoms with van der Waals surface area (Å²) in [6, 6.07) is 22.2. The van der Waals surface area contributed by atoms with E-state index < -0.39 is 24.3 Å². The van der Waals surface area contributed by atoms with Gasteiger partial charge in [-0.1, -0.05) is 12.1 Å². The Labute approximate surface area is 286 Å². The van der Waals surface area contributed by atoms with E-state index in [0.29, 0.717) is 36.0 Å². The fraction of sp³-hybridized carbons (Fsp3) is 0.270. The van der Waals surface area contributed by atoms with Crippen molar-refractivity contribution in [1.82, 2.24) is 19.4 Å². The molecule has 1 aliphatic rings. The van der Waals surface area contributed by atoms with Gasteiger partial charge in [-0.3, -0.25) is 14.5 Å². The minimum absolute atomic E-state index is 0.0406. The number of hydrogen-bond donors (Lipinski definition) is 0. The highest BCUT2D eigenvalue weighted by Gasteiger charge is 2.30. The zero-order chi connectivity index (χ0) is 35.4. The van der Waals surface area contributed by atoms with E-state index in [0.717, 1.165) is 60.4 Å². The third-order valence-electron chi connectivity index (χ3n) is 8.67. The first-order valence-corrected chi connectivity index (χ1v) is 16.0. The lowest BCUT2D eigenvalue weighted by molar-refractivity contribution is -0.137. The van der Waals surface area contributed by atoms with Gasteiger partial charge in [0.15, 0.2) is 0 Å². The van der Waals surface area contributed by atoms with Gasteiger partial charge in [-0.15, -0.1) is 0 Å². The fourth-order valence-electron chi connectivity index (χ4n) is 5.82. The van der Waals surface area contributed by atoms with Crippen LogP contribution in [0.15, 0.2) is 91.1 Å². The Morgan fingerprint density at radius 3 is 2.22 bits per heavy atom. The van der Waals surface area contributed by atoms with Crippen LogP contribution in [0, 0.1) is 0 Å². The van der Waals surface area contributed by atoms with Crippen LogP contribution in [0.5, 0.6) is 17.4 Å². The van der Waals surface area contributed by atoms with Crippen molar-refractivity contribution in [2.45, 2.75) is 12.7 Å². The standard InChI is InChI=1S/C37H35F4N5O4/c1-43(35(47)26-5-8-28(9-6-26)37(39,40)41)29-10-14-34(42-23-29)50-31-13-7-27-21-33(44(2)32(27)22-31)36(48)46-18-16-45(17-19-46)24-25-3-11-30(12-4-25)49-20-15-38/h3-14,21-23H,15-20,24H2,1-2H3. The quantitative estimate of drug-likeness (QED) is 0.148. The van der Waals surface area contributed by atoms with Gasteiger partial charge in [0.25, 0.3) is 11.8 Å². The number of hydrogen-bond acceptors (Lipinski definition) is 6. The summed E-state index contributed by atoms with van der Waals surface area (Å²) in [6.45, 7) is 2.92. The van der Waals surface area contributed by atoms with Gasteiger partial charge in [0.2, 0.25) is 5.88 Å². The number of carbonyl (C=O) groups is 2. The Kier molecular flexibility index (Phi) is 10.0. The second kappa shape index (κ2) is 14.6. The van der Waals surface area contributed by atoms with E-state index in [2.05, 4.69) is 9.88 Å². The average Bonchev–Trinajstić information content (AvgIpc) is 3.46. The van der Waals surface area contributed by atoms with Crippen molar-refractivity contribution < 1.29 is 36.6 Å². The zero-order valence-electron chi connectivity index (χ0n) is 27.5. The predicted octanol–water partition coefficient (Wildman–Crippen LogP) is 6.97. The van der Waals surface area contributed by atoms with Gasteiger partial charge in [0.05, 0.1) is 23.0 Å². The molecule has 2 amide bonds. The molecule has 0 unspecified atom stereocenters. The molecule has 260 valence electrons. The second-order valence-electron chi connectivity index (χ2n) is 12.0. The summed E-state index contributed by atoms with van der Waals surface area (Å²) >= 11 is 0. The molecule has 6 rings (SSSR count). The molecule has 13 heteroatoms. The molecule has 0 radical (unpaired) electrons. The maximum Gasteiger partial charge on any atom is 0.416 e. The van der Waals surface area contributed by atoms with E-state index in [9.17, 15) is 27.2 Å². The first-order valence-electron chi connectivity index (χ1n) is 16.0. The molecule has 9 nitrogen and oxygen atoms in total. The van der Waals surface area contributed by atoms with Crippen LogP contribution in [0.25, 0.3) is 10.9 Å². The molecule has 1 aliphatic heterocycles. The summed E-state index contributed by atoms with van der Waals surface area (Å²) < 4.78 is 64.1. The van der Waals surface area contributed by atoms with Gasteiger partial charge in [0.1, 0.15) is 30.5 Å². The van der Waals surface area contributed by atoms with Crippen molar-refractivity contribution in [2.75, 3.05) is 51.4 Å². The third-order valence-corrected chi connectivity index (χ3v) is 8.67. The number of fused-ring (bicyclic) bond motifs is 1. The second-order valence-corrected chi connectivity index (χ2v) is 12.0. The molecular formula is C37H35F4N5O4.